The van der Waals surface area contributed by atoms with Gasteiger partial charge in [0, 0.05) is 12.3 Å². The van der Waals surface area contributed by atoms with E-state index in [0.717, 1.165) is 11.8 Å². The molecule has 2 atom stereocenters. The van der Waals surface area contributed by atoms with E-state index in [1.165, 1.54) is 0 Å². The van der Waals surface area contributed by atoms with E-state index in [4.69, 9.17) is 4.74 Å². The Labute approximate surface area is 156 Å². The summed E-state index contributed by atoms with van der Waals surface area (Å²) in [5, 5.41) is 2.67. The first kappa shape index (κ1) is 21.9. The lowest BCUT2D eigenvalue weighted by Gasteiger charge is -2.24. The van der Waals surface area contributed by atoms with Crippen molar-refractivity contribution in [2.24, 2.45) is 11.8 Å². The van der Waals surface area contributed by atoms with Crippen LogP contribution in [0, 0.1) is 11.8 Å². The maximum Gasteiger partial charge on any atom is 0.408 e. The molecule has 0 aliphatic carbocycles. The Morgan fingerprint density at radius 2 is 1.77 bits per heavy atom. The van der Waals surface area contributed by atoms with Gasteiger partial charge in [-0.3, -0.25) is 4.79 Å². The maximum absolute atomic E-state index is 12.7. The van der Waals surface area contributed by atoms with E-state index in [-0.39, 0.29) is 18.1 Å². The molecule has 0 unspecified atom stereocenters. The summed E-state index contributed by atoms with van der Waals surface area (Å²) >= 11 is 0. The van der Waals surface area contributed by atoms with Crippen molar-refractivity contribution in [1.82, 2.24) is 5.32 Å². The molecule has 1 N–H and O–H groups in total. The van der Waals surface area contributed by atoms with Gasteiger partial charge in [0.1, 0.15) is 11.9 Å². The molecule has 1 aromatic rings. The first-order valence-electron chi connectivity index (χ1n) is 9.12. The average molecular weight is 361 g/mol. The third kappa shape index (κ3) is 8.79. The number of ketones is 1. The second kappa shape index (κ2) is 10.1. The highest BCUT2D eigenvalue weighted by Crippen LogP contribution is 2.16. The third-order valence-corrected chi connectivity index (χ3v) is 3.78. The van der Waals surface area contributed by atoms with Crippen LogP contribution in [0.1, 0.15) is 53.0 Å². The van der Waals surface area contributed by atoms with Crippen LogP contribution in [0.25, 0.3) is 0 Å². The molecule has 0 spiro atoms. The average Bonchev–Trinajstić information content (AvgIpc) is 2.52. The molecule has 0 saturated carbocycles. The van der Waals surface area contributed by atoms with Crippen LogP contribution in [0.2, 0.25) is 0 Å². The highest BCUT2D eigenvalue weighted by molar-refractivity contribution is 5.89. The van der Waals surface area contributed by atoms with Gasteiger partial charge in [0.2, 0.25) is 0 Å². The predicted octanol–water partition coefficient (Wildman–Crippen LogP) is 3.94. The molecule has 1 rings (SSSR count). The summed E-state index contributed by atoms with van der Waals surface area (Å²) in [5.74, 6) is -0.319. The lowest BCUT2D eigenvalue weighted by Crippen LogP contribution is -2.44. The molecule has 1 amide bonds. The monoisotopic (exact) mass is 361 g/mol. The van der Waals surface area contributed by atoms with E-state index in [1.807, 2.05) is 44.2 Å². The number of nitrogens with one attached hydrogen (secondary N) is 1. The van der Waals surface area contributed by atoms with Gasteiger partial charge in [0.25, 0.3) is 0 Å². The van der Waals surface area contributed by atoms with Gasteiger partial charge in [-0.1, -0.05) is 44.2 Å². The third-order valence-electron chi connectivity index (χ3n) is 3.78. The number of hydrogen-bond donors (Lipinski definition) is 1. The number of ether oxygens (including phenoxy) is 1. The number of carbonyl (C=O) groups is 3. The summed E-state index contributed by atoms with van der Waals surface area (Å²) in [4.78, 5) is 36.2. The quantitative estimate of drug-likeness (QED) is 0.676. The molecule has 0 fully saturated rings. The van der Waals surface area contributed by atoms with Gasteiger partial charge in [-0.2, -0.15) is 0 Å². The molecule has 5 nitrogen and oxygen atoms in total. The number of alkyl carbamates (subject to hydrolysis) is 1. The topological polar surface area (TPSA) is 72.5 Å². The lowest BCUT2D eigenvalue weighted by molar-refractivity contribution is -0.124. The normalized spacial score (nSPS) is 13.8. The number of Topliss-reactive ketones (excluding diaryl/α,β-unsaturated/α-hetero) is 1. The summed E-state index contributed by atoms with van der Waals surface area (Å²) in [6.07, 6.45) is 1.34. The Kier molecular flexibility index (Phi) is 8.49. The summed E-state index contributed by atoms with van der Waals surface area (Å²) in [7, 11) is 0. The number of benzene rings is 1. The second-order valence-corrected chi connectivity index (χ2v) is 8.08. The smallest absolute Gasteiger partial charge is 0.408 e. The molecule has 0 aromatic heterocycles. The molecule has 144 valence electrons. The van der Waals surface area contributed by atoms with Crippen molar-refractivity contribution in [3.8, 4) is 0 Å². The first-order chi connectivity index (χ1) is 12.1. The Morgan fingerprint density at radius 3 is 2.27 bits per heavy atom. The molecule has 5 heteroatoms. The van der Waals surface area contributed by atoms with Gasteiger partial charge >= 0.3 is 6.09 Å². The molecule has 26 heavy (non-hydrogen) atoms. The van der Waals surface area contributed by atoms with Crippen molar-refractivity contribution in [2.45, 2.75) is 65.5 Å². The zero-order valence-electron chi connectivity index (χ0n) is 16.5. The van der Waals surface area contributed by atoms with Crippen molar-refractivity contribution in [1.29, 1.82) is 0 Å². The number of amides is 1. The van der Waals surface area contributed by atoms with Crippen molar-refractivity contribution in [3.05, 3.63) is 35.9 Å². The summed E-state index contributed by atoms with van der Waals surface area (Å²) < 4.78 is 5.26. The largest absolute Gasteiger partial charge is 0.444 e. The predicted molar refractivity (Wildman–Crippen MR) is 102 cm³/mol. The van der Waals surface area contributed by atoms with Crippen molar-refractivity contribution in [2.75, 3.05) is 0 Å². The van der Waals surface area contributed by atoms with Gasteiger partial charge in [-0.05, 0) is 45.1 Å². The van der Waals surface area contributed by atoms with E-state index >= 15 is 0 Å². The number of carbonyl (C=O) groups excluding carboxylic acids is 3. The second-order valence-electron chi connectivity index (χ2n) is 8.08. The molecule has 0 saturated heterocycles. The van der Waals surface area contributed by atoms with Crippen molar-refractivity contribution < 1.29 is 19.1 Å². The van der Waals surface area contributed by atoms with E-state index in [1.54, 1.807) is 20.8 Å². The fraction of sp³-hybridized carbons (Fsp3) is 0.571. The highest BCUT2D eigenvalue weighted by atomic mass is 16.6. The lowest BCUT2D eigenvalue weighted by atomic mass is 9.90. The van der Waals surface area contributed by atoms with Crippen LogP contribution < -0.4 is 5.32 Å². The van der Waals surface area contributed by atoms with Gasteiger partial charge in [0.15, 0.2) is 5.78 Å². The van der Waals surface area contributed by atoms with Crippen LogP contribution in [-0.4, -0.2) is 29.8 Å². The minimum Gasteiger partial charge on any atom is -0.444 e. The Balaban J connectivity index is 2.74. The highest BCUT2D eigenvalue weighted by Gasteiger charge is 2.27. The number of hydrogen-bond acceptors (Lipinski definition) is 4. The number of aldehydes is 1. The van der Waals surface area contributed by atoms with Crippen LogP contribution in [-0.2, 0) is 20.7 Å². The van der Waals surface area contributed by atoms with Gasteiger partial charge in [-0.25, -0.2) is 4.79 Å². The SMILES string of the molecule is CC(C)C[C@H](NC(=O)OC(C)(C)C)C(=O)C[C@H](C=O)Cc1ccccc1. The molecule has 0 radical (unpaired) electrons. The molecule has 0 aliphatic rings. The molecular formula is C21H31NO4. The zero-order valence-corrected chi connectivity index (χ0v) is 16.5. The van der Waals surface area contributed by atoms with Crippen LogP contribution >= 0.6 is 0 Å². The Morgan fingerprint density at radius 1 is 1.15 bits per heavy atom. The van der Waals surface area contributed by atoms with E-state index in [0.29, 0.717) is 12.8 Å². The molecule has 0 bridgehead atoms. The summed E-state index contributed by atoms with van der Waals surface area (Å²) in [6.45, 7) is 9.28. The fourth-order valence-corrected chi connectivity index (χ4v) is 2.68. The Bertz CT molecular complexity index is 590. The van der Waals surface area contributed by atoms with Gasteiger partial charge in [0.05, 0.1) is 6.04 Å². The van der Waals surface area contributed by atoms with Gasteiger partial charge < -0.3 is 14.8 Å². The molecule has 0 aliphatic heterocycles. The maximum atomic E-state index is 12.7. The van der Waals surface area contributed by atoms with Crippen LogP contribution in [0.4, 0.5) is 4.79 Å². The molecule has 1 aromatic carbocycles. The molecule has 0 heterocycles. The van der Waals surface area contributed by atoms with Crippen LogP contribution in [0.15, 0.2) is 30.3 Å². The number of rotatable bonds is 9. The standard InChI is InChI=1S/C21H31NO4/c1-15(2)11-18(22-20(25)26-21(3,4)5)19(24)13-17(14-23)12-16-9-7-6-8-10-16/h6-10,14-15,17-18H,11-13H2,1-5H3,(H,22,25)/t17-,18+/m1/s1. The van der Waals surface area contributed by atoms with E-state index < -0.39 is 23.7 Å². The van der Waals surface area contributed by atoms with Crippen LogP contribution in [0.3, 0.4) is 0 Å². The zero-order chi connectivity index (χ0) is 19.7. The van der Waals surface area contributed by atoms with Crippen molar-refractivity contribution in [3.63, 3.8) is 0 Å². The molecular weight excluding hydrogens is 330 g/mol. The van der Waals surface area contributed by atoms with E-state index in [9.17, 15) is 14.4 Å². The first-order valence-corrected chi connectivity index (χ1v) is 9.12. The fourth-order valence-electron chi connectivity index (χ4n) is 2.68. The Hall–Kier alpha value is -2.17. The minimum atomic E-state index is -0.650. The van der Waals surface area contributed by atoms with Gasteiger partial charge in [-0.15, -0.1) is 0 Å². The minimum absolute atomic E-state index is 0.103. The summed E-state index contributed by atoms with van der Waals surface area (Å²) in [6, 6.07) is 8.95. The summed E-state index contributed by atoms with van der Waals surface area (Å²) in [5.41, 5.74) is 0.381. The van der Waals surface area contributed by atoms with Crippen molar-refractivity contribution >= 4 is 18.2 Å². The van der Waals surface area contributed by atoms with E-state index in [2.05, 4.69) is 5.32 Å². The van der Waals surface area contributed by atoms with Crippen LogP contribution in [0.5, 0.6) is 0 Å².